The topological polar surface area (TPSA) is 92.5 Å². The van der Waals surface area contributed by atoms with Crippen molar-refractivity contribution in [3.63, 3.8) is 0 Å². The van der Waals surface area contributed by atoms with Crippen molar-refractivity contribution in [1.82, 2.24) is 5.32 Å². The first-order chi connectivity index (χ1) is 13.3. The number of thioether (sulfide) groups is 1. The van der Waals surface area contributed by atoms with E-state index in [1.807, 2.05) is 6.07 Å². The van der Waals surface area contributed by atoms with Gasteiger partial charge in [0.25, 0.3) is 5.24 Å². The lowest BCUT2D eigenvalue weighted by molar-refractivity contribution is -0.122. The fraction of sp³-hybridized carbons (Fsp3) is 0.526. The van der Waals surface area contributed by atoms with Gasteiger partial charge in [0.15, 0.2) is 0 Å². The molecule has 2 aliphatic rings. The van der Waals surface area contributed by atoms with Gasteiger partial charge < -0.3 is 16.0 Å². The molecule has 0 atom stereocenters. The molecule has 1 aliphatic carbocycles. The monoisotopic (exact) mass is 443 g/mol. The summed E-state index contributed by atoms with van der Waals surface area (Å²) in [4.78, 5) is 37.8. The number of hydrogen-bond acceptors (Lipinski definition) is 4. The molecule has 1 saturated carbocycles. The van der Waals surface area contributed by atoms with Crippen molar-refractivity contribution in [3.8, 4) is 0 Å². The summed E-state index contributed by atoms with van der Waals surface area (Å²) in [5, 5.41) is 3.75. The zero-order chi connectivity index (χ0) is 20.3. The molecule has 3 amide bonds. The molecule has 0 saturated heterocycles. The smallest absolute Gasteiger partial charge is 0.286 e. The molecule has 0 aromatic heterocycles. The van der Waals surface area contributed by atoms with E-state index in [1.54, 1.807) is 11.0 Å². The molecule has 1 heterocycles. The van der Waals surface area contributed by atoms with E-state index in [0.717, 1.165) is 43.0 Å². The van der Waals surface area contributed by atoms with Crippen molar-refractivity contribution in [1.29, 1.82) is 0 Å². The van der Waals surface area contributed by atoms with Crippen molar-refractivity contribution >= 4 is 57.7 Å². The van der Waals surface area contributed by atoms with E-state index in [1.165, 1.54) is 0 Å². The number of carbonyl (C=O) groups is 3. The van der Waals surface area contributed by atoms with Gasteiger partial charge in [-0.25, -0.2) is 0 Å². The fourth-order valence-electron chi connectivity index (χ4n) is 3.83. The lowest BCUT2D eigenvalue weighted by Gasteiger charge is -2.30. The Morgan fingerprint density at radius 2 is 1.89 bits per heavy atom. The molecule has 6 nitrogen and oxygen atoms in total. The second kappa shape index (κ2) is 9.37. The second-order valence-corrected chi connectivity index (χ2v) is 8.99. The van der Waals surface area contributed by atoms with Crippen LogP contribution in [-0.4, -0.2) is 35.4 Å². The van der Waals surface area contributed by atoms with Crippen LogP contribution in [-0.2, 0) is 16.0 Å². The Labute approximate surface area is 178 Å². The van der Waals surface area contributed by atoms with Gasteiger partial charge in [-0.05, 0) is 56.2 Å². The van der Waals surface area contributed by atoms with E-state index in [9.17, 15) is 14.4 Å². The standard InChI is InChI=1S/C19H23Cl2N3O3S/c20-13-8-12-2-1-7-24(17(12)15(21)9-13)19(27)28-10-16(25)23-14-5-3-11(4-6-14)18(22)26/h8-9,11,14H,1-7,10H2,(H2,22,26)(H,23,25). The molecule has 1 aromatic carbocycles. The summed E-state index contributed by atoms with van der Waals surface area (Å²) in [6.07, 6.45) is 4.49. The third-order valence-electron chi connectivity index (χ3n) is 5.25. The minimum absolute atomic E-state index is 0.0334. The van der Waals surface area contributed by atoms with Crippen LogP contribution < -0.4 is 16.0 Å². The molecular formula is C19H23Cl2N3O3S. The van der Waals surface area contributed by atoms with Crippen LogP contribution in [0.1, 0.15) is 37.7 Å². The zero-order valence-electron chi connectivity index (χ0n) is 15.4. The van der Waals surface area contributed by atoms with Gasteiger partial charge in [0.2, 0.25) is 11.8 Å². The van der Waals surface area contributed by atoms with Gasteiger partial charge in [-0.15, -0.1) is 0 Å². The maximum atomic E-state index is 12.7. The van der Waals surface area contributed by atoms with E-state index in [2.05, 4.69) is 5.32 Å². The number of nitrogens with zero attached hydrogens (tertiary/aromatic N) is 1. The molecule has 0 radical (unpaired) electrons. The fourth-order valence-corrected chi connectivity index (χ4v) is 5.14. The first-order valence-corrected chi connectivity index (χ1v) is 11.1. The van der Waals surface area contributed by atoms with Gasteiger partial charge in [0, 0.05) is 23.5 Å². The highest BCUT2D eigenvalue weighted by atomic mass is 35.5. The van der Waals surface area contributed by atoms with E-state index in [-0.39, 0.29) is 34.8 Å². The van der Waals surface area contributed by atoms with Gasteiger partial charge in [-0.2, -0.15) is 0 Å². The maximum absolute atomic E-state index is 12.7. The van der Waals surface area contributed by atoms with Crippen molar-refractivity contribution in [2.24, 2.45) is 11.7 Å². The van der Waals surface area contributed by atoms with Crippen LogP contribution >= 0.6 is 35.0 Å². The molecular weight excluding hydrogens is 421 g/mol. The van der Waals surface area contributed by atoms with Gasteiger partial charge in [-0.3, -0.25) is 14.4 Å². The summed E-state index contributed by atoms with van der Waals surface area (Å²) < 4.78 is 0. The van der Waals surface area contributed by atoms with Gasteiger partial charge in [0.1, 0.15) is 0 Å². The molecule has 1 fully saturated rings. The van der Waals surface area contributed by atoms with E-state index in [0.29, 0.717) is 35.1 Å². The first kappa shape index (κ1) is 21.3. The molecule has 28 heavy (non-hydrogen) atoms. The van der Waals surface area contributed by atoms with Crippen LogP contribution in [0.5, 0.6) is 0 Å². The van der Waals surface area contributed by atoms with E-state index in [4.69, 9.17) is 28.9 Å². The Kier molecular flexibility index (Phi) is 7.12. The van der Waals surface area contributed by atoms with Crippen molar-refractivity contribution in [2.45, 2.75) is 44.6 Å². The number of halogens is 2. The predicted molar refractivity (Wildman–Crippen MR) is 113 cm³/mol. The number of aryl methyl sites for hydroxylation is 1. The molecule has 1 aliphatic heterocycles. The van der Waals surface area contributed by atoms with Gasteiger partial charge in [-0.1, -0.05) is 35.0 Å². The van der Waals surface area contributed by atoms with Crippen LogP contribution in [0.25, 0.3) is 0 Å². The largest absolute Gasteiger partial charge is 0.369 e. The molecule has 9 heteroatoms. The third-order valence-corrected chi connectivity index (χ3v) is 6.63. The molecule has 1 aromatic rings. The number of carbonyl (C=O) groups excluding carboxylic acids is 3. The summed E-state index contributed by atoms with van der Waals surface area (Å²) in [7, 11) is 0. The lowest BCUT2D eigenvalue weighted by atomic mass is 9.85. The number of anilines is 1. The Balaban J connectivity index is 1.51. The number of nitrogens with two attached hydrogens (primary N) is 1. The van der Waals surface area contributed by atoms with Crippen LogP contribution in [0.3, 0.4) is 0 Å². The predicted octanol–water partition coefficient (Wildman–Crippen LogP) is 3.76. The highest BCUT2D eigenvalue weighted by molar-refractivity contribution is 8.14. The minimum Gasteiger partial charge on any atom is -0.369 e. The quantitative estimate of drug-likeness (QED) is 0.740. The average Bonchev–Trinajstić information content (AvgIpc) is 2.65. The third kappa shape index (κ3) is 5.13. The number of benzene rings is 1. The maximum Gasteiger partial charge on any atom is 0.286 e. The van der Waals surface area contributed by atoms with Gasteiger partial charge >= 0.3 is 0 Å². The van der Waals surface area contributed by atoms with E-state index < -0.39 is 0 Å². The SMILES string of the molecule is NC(=O)C1CCC(NC(=O)CSC(=O)N2CCCc3cc(Cl)cc(Cl)c32)CC1. The summed E-state index contributed by atoms with van der Waals surface area (Å²) in [6, 6.07) is 3.50. The summed E-state index contributed by atoms with van der Waals surface area (Å²) in [5.41, 5.74) is 6.98. The summed E-state index contributed by atoms with van der Waals surface area (Å²) >= 11 is 13.3. The van der Waals surface area contributed by atoms with Crippen molar-refractivity contribution in [3.05, 3.63) is 27.7 Å². The van der Waals surface area contributed by atoms with Crippen molar-refractivity contribution < 1.29 is 14.4 Å². The molecule has 0 unspecified atom stereocenters. The zero-order valence-corrected chi connectivity index (χ0v) is 17.7. The first-order valence-electron chi connectivity index (χ1n) is 9.36. The summed E-state index contributed by atoms with van der Waals surface area (Å²) in [6.45, 7) is 0.568. The highest BCUT2D eigenvalue weighted by Gasteiger charge is 2.28. The number of fused-ring (bicyclic) bond motifs is 1. The number of hydrogen-bond donors (Lipinski definition) is 2. The Bertz CT molecular complexity index is 782. The number of primary amides is 1. The molecule has 3 N–H and O–H groups in total. The average molecular weight is 444 g/mol. The summed E-state index contributed by atoms with van der Waals surface area (Å²) in [5.74, 6) is -0.499. The van der Waals surface area contributed by atoms with Crippen LogP contribution in [0.2, 0.25) is 10.0 Å². The molecule has 3 rings (SSSR count). The Hall–Kier alpha value is -1.44. The normalized spacial score (nSPS) is 21.7. The molecule has 0 spiro atoms. The lowest BCUT2D eigenvalue weighted by Crippen LogP contribution is -2.41. The van der Waals surface area contributed by atoms with Crippen LogP contribution in [0, 0.1) is 5.92 Å². The van der Waals surface area contributed by atoms with Gasteiger partial charge in [0.05, 0.1) is 16.5 Å². The van der Waals surface area contributed by atoms with Crippen molar-refractivity contribution in [2.75, 3.05) is 17.2 Å². The Morgan fingerprint density at radius 1 is 1.18 bits per heavy atom. The number of amides is 3. The van der Waals surface area contributed by atoms with Crippen LogP contribution in [0.15, 0.2) is 12.1 Å². The number of rotatable bonds is 4. The highest BCUT2D eigenvalue weighted by Crippen LogP contribution is 2.38. The molecule has 152 valence electrons. The van der Waals surface area contributed by atoms with E-state index >= 15 is 0 Å². The second-order valence-electron chi connectivity index (χ2n) is 7.22. The Morgan fingerprint density at radius 3 is 2.57 bits per heavy atom. The minimum atomic E-state index is -0.271. The van der Waals surface area contributed by atoms with Crippen LogP contribution in [0.4, 0.5) is 10.5 Å². The molecule has 0 bridgehead atoms. The number of nitrogens with one attached hydrogen (secondary N) is 1.